The number of anilines is 1. The van der Waals surface area contributed by atoms with Gasteiger partial charge >= 0.3 is 6.18 Å². The molecule has 0 unspecified atom stereocenters. The van der Waals surface area contributed by atoms with E-state index >= 15 is 0 Å². The summed E-state index contributed by atoms with van der Waals surface area (Å²) in [4.78, 5) is 11.0. The van der Waals surface area contributed by atoms with Crippen molar-refractivity contribution in [2.45, 2.75) is 17.6 Å². The number of rotatable bonds is 7. The normalized spacial score (nSPS) is 12.2. The van der Waals surface area contributed by atoms with Gasteiger partial charge in [-0.2, -0.15) is 13.2 Å². The fourth-order valence-corrected chi connectivity index (χ4v) is 3.32. The molecule has 29 heavy (non-hydrogen) atoms. The molecule has 6 nitrogen and oxygen atoms in total. The Morgan fingerprint density at radius 1 is 1.10 bits per heavy atom. The molecule has 2 N–H and O–H groups in total. The van der Waals surface area contributed by atoms with E-state index in [4.69, 9.17) is 0 Å². The zero-order chi connectivity index (χ0) is 22.0. The van der Waals surface area contributed by atoms with Gasteiger partial charge in [-0.05, 0) is 12.1 Å². The van der Waals surface area contributed by atoms with Crippen molar-refractivity contribution in [3.8, 4) is 0 Å². The smallest absolute Gasteiger partial charge is 0.337 e. The molecule has 0 aliphatic rings. The van der Waals surface area contributed by atoms with Gasteiger partial charge in [-0.15, -0.1) is 0 Å². The molecule has 0 bridgehead atoms. The monoisotopic (exact) mass is 447 g/mol. The van der Waals surface area contributed by atoms with Gasteiger partial charge in [0.15, 0.2) is 17.5 Å². The van der Waals surface area contributed by atoms with Crippen molar-refractivity contribution < 1.29 is 43.9 Å². The number of amides is 1. The number of benzene rings is 1. The number of aromatic nitrogens is 1. The molecule has 1 aromatic carbocycles. The predicted octanol–water partition coefficient (Wildman–Crippen LogP) is 2.97. The maximum atomic E-state index is 14.6. The minimum Gasteiger partial charge on any atom is -0.337 e. The van der Waals surface area contributed by atoms with Gasteiger partial charge in [-0.3, -0.25) is 4.79 Å². The second kappa shape index (κ2) is 8.41. The minimum atomic E-state index is -5.04. The average Bonchev–Trinajstić information content (AvgIpc) is 2.93. The Morgan fingerprint density at radius 2 is 1.76 bits per heavy atom. The van der Waals surface area contributed by atoms with Crippen LogP contribution in [-0.4, -0.2) is 38.3 Å². The zero-order valence-corrected chi connectivity index (χ0v) is 15.0. The van der Waals surface area contributed by atoms with Crippen LogP contribution in [0.3, 0.4) is 0 Å². The van der Waals surface area contributed by atoms with Crippen LogP contribution in [0, 0.1) is 17.5 Å². The molecule has 0 fully saturated rings. The van der Waals surface area contributed by atoms with E-state index in [1.807, 2.05) is 5.32 Å². The van der Waals surface area contributed by atoms with Crippen LogP contribution in [0.2, 0.25) is 0 Å². The van der Waals surface area contributed by atoms with Crippen molar-refractivity contribution in [2.24, 2.45) is 0 Å². The van der Waals surface area contributed by atoms with Gasteiger partial charge in [-0.25, -0.2) is 30.7 Å². The molecule has 1 heterocycles. The number of carbonyl (C=O) groups is 1. The van der Waals surface area contributed by atoms with E-state index in [-0.39, 0.29) is 5.69 Å². The van der Waals surface area contributed by atoms with Crippen LogP contribution in [0.1, 0.15) is 10.5 Å². The highest BCUT2D eigenvalue weighted by atomic mass is 32.2. The van der Waals surface area contributed by atoms with Crippen LogP contribution in [0.25, 0.3) is 0 Å². The molecule has 160 valence electrons. The van der Waals surface area contributed by atoms with Gasteiger partial charge < -0.3 is 9.88 Å². The fourth-order valence-electron chi connectivity index (χ4n) is 2.21. The molecule has 0 radical (unpaired) electrons. The number of hydrogen-bond acceptors (Lipinski definition) is 3. The quantitative estimate of drug-likeness (QED) is 0.641. The van der Waals surface area contributed by atoms with E-state index < -0.39 is 69.9 Å². The molecule has 0 saturated heterocycles. The maximum absolute atomic E-state index is 14.6. The van der Waals surface area contributed by atoms with Gasteiger partial charge in [0.25, 0.3) is 5.91 Å². The Labute approximate surface area is 159 Å². The van der Waals surface area contributed by atoms with Crippen molar-refractivity contribution in [1.82, 2.24) is 9.29 Å². The topological polar surface area (TPSA) is 80.2 Å². The second-order valence-electron chi connectivity index (χ2n) is 5.56. The summed E-state index contributed by atoms with van der Waals surface area (Å²) >= 11 is 0. The van der Waals surface area contributed by atoms with Gasteiger partial charge in [-0.1, -0.05) is 0 Å². The lowest BCUT2D eigenvalue weighted by Gasteiger charge is -2.09. The molecule has 0 spiro atoms. The molecule has 1 amide bonds. The Bertz CT molecular complexity index is 1020. The average molecular weight is 447 g/mol. The largest absolute Gasteiger partial charge is 0.402 e. The highest BCUT2D eigenvalue weighted by Crippen LogP contribution is 2.24. The third-order valence-electron chi connectivity index (χ3n) is 3.45. The number of nitrogens with one attached hydrogen (secondary N) is 2. The lowest BCUT2D eigenvalue weighted by molar-refractivity contribution is -0.121. The molecular formula is C15H12F7N3O3S. The first-order valence-electron chi connectivity index (χ1n) is 7.63. The molecule has 2 rings (SSSR count). The van der Waals surface area contributed by atoms with Crippen molar-refractivity contribution in [2.75, 3.05) is 18.5 Å². The Hall–Kier alpha value is -2.61. The number of carbonyl (C=O) groups excluding carboxylic acids is 1. The van der Waals surface area contributed by atoms with Crippen LogP contribution in [0.15, 0.2) is 29.3 Å². The number of aryl methyl sites for hydroxylation is 1. The molecule has 14 heteroatoms. The predicted molar refractivity (Wildman–Crippen MR) is 85.9 cm³/mol. The maximum Gasteiger partial charge on any atom is 0.402 e. The lowest BCUT2D eigenvalue weighted by Crippen LogP contribution is -2.34. The standard InChI is InChI=1S/C15H12F7N3O3S/c16-3-4-25-6-11(29(27,28)23-7-15(20,21)22)12(19)13(25)14(26)24-8-1-2-9(17)10(18)5-8/h1-2,5-6,23H,3-4,7H2,(H,24,26). The molecule has 0 atom stereocenters. The van der Waals surface area contributed by atoms with Crippen LogP contribution >= 0.6 is 0 Å². The molecule has 0 saturated carbocycles. The van der Waals surface area contributed by atoms with Gasteiger partial charge in [0.2, 0.25) is 10.0 Å². The molecule has 0 aliphatic carbocycles. The molecule has 0 aliphatic heterocycles. The first-order chi connectivity index (χ1) is 13.4. The van der Waals surface area contributed by atoms with E-state index in [1.54, 1.807) is 0 Å². The van der Waals surface area contributed by atoms with Gasteiger partial charge in [0.1, 0.15) is 23.8 Å². The van der Waals surface area contributed by atoms with Crippen LogP contribution < -0.4 is 10.0 Å². The van der Waals surface area contributed by atoms with Crippen LogP contribution in [-0.2, 0) is 16.6 Å². The summed E-state index contributed by atoms with van der Waals surface area (Å²) in [7, 11) is -5.04. The van der Waals surface area contributed by atoms with Crippen molar-refractivity contribution in [3.63, 3.8) is 0 Å². The fraction of sp³-hybridized carbons (Fsp3) is 0.267. The Balaban J connectivity index is 2.40. The van der Waals surface area contributed by atoms with Crippen LogP contribution in [0.4, 0.5) is 36.4 Å². The third kappa shape index (κ3) is 5.47. The van der Waals surface area contributed by atoms with E-state index in [0.29, 0.717) is 22.9 Å². The third-order valence-corrected chi connectivity index (χ3v) is 4.84. The Morgan fingerprint density at radius 3 is 2.31 bits per heavy atom. The molecule has 1 aromatic heterocycles. The van der Waals surface area contributed by atoms with Crippen LogP contribution in [0.5, 0.6) is 0 Å². The summed E-state index contributed by atoms with van der Waals surface area (Å²) in [6.45, 7) is -3.87. The highest BCUT2D eigenvalue weighted by molar-refractivity contribution is 7.89. The number of nitrogens with zero attached hydrogens (tertiary/aromatic N) is 1. The van der Waals surface area contributed by atoms with E-state index in [9.17, 15) is 43.9 Å². The second-order valence-corrected chi connectivity index (χ2v) is 7.30. The van der Waals surface area contributed by atoms with Crippen molar-refractivity contribution in [3.05, 3.63) is 47.5 Å². The highest BCUT2D eigenvalue weighted by Gasteiger charge is 2.34. The lowest BCUT2D eigenvalue weighted by atomic mass is 10.3. The SMILES string of the molecule is O=C(Nc1ccc(F)c(F)c1)c1c(F)c(S(=O)(=O)NCC(F)(F)F)cn1CCF. The van der Waals surface area contributed by atoms with Gasteiger partial charge in [0, 0.05) is 18.0 Å². The number of sulfonamides is 1. The minimum absolute atomic E-state index is 0.332. The summed E-state index contributed by atoms with van der Waals surface area (Å²) in [5.41, 5.74) is -1.36. The van der Waals surface area contributed by atoms with Gasteiger partial charge in [0.05, 0.1) is 6.54 Å². The zero-order valence-electron chi connectivity index (χ0n) is 14.2. The molecule has 2 aromatic rings. The summed E-state index contributed by atoms with van der Waals surface area (Å²) in [6.07, 6.45) is -4.48. The van der Waals surface area contributed by atoms with E-state index in [2.05, 4.69) is 0 Å². The van der Waals surface area contributed by atoms with Crippen molar-refractivity contribution in [1.29, 1.82) is 0 Å². The van der Waals surface area contributed by atoms with E-state index in [1.165, 1.54) is 0 Å². The first-order valence-corrected chi connectivity index (χ1v) is 9.11. The summed E-state index contributed by atoms with van der Waals surface area (Å²) in [5.74, 6) is -5.69. The number of alkyl halides is 4. The van der Waals surface area contributed by atoms with Crippen molar-refractivity contribution >= 4 is 21.6 Å². The summed E-state index contributed by atoms with van der Waals surface area (Å²) in [6, 6.07) is 2.12. The summed E-state index contributed by atoms with van der Waals surface area (Å²) in [5, 5.41) is 1.96. The Kier molecular flexibility index (Phi) is 6.57. The molecular weight excluding hydrogens is 435 g/mol. The number of hydrogen-bond donors (Lipinski definition) is 2. The number of halogens is 7. The first kappa shape index (κ1) is 22.7. The van der Waals surface area contributed by atoms with E-state index in [0.717, 1.165) is 10.8 Å². The summed E-state index contributed by atoms with van der Waals surface area (Å²) < 4.78 is 116.